The van der Waals surface area contributed by atoms with E-state index in [4.69, 9.17) is 0 Å². The normalized spacial score (nSPS) is 17.8. The van der Waals surface area contributed by atoms with Gasteiger partial charge in [-0.2, -0.15) is 0 Å². The zero-order valence-corrected chi connectivity index (χ0v) is 13.8. The molecule has 0 saturated heterocycles. The van der Waals surface area contributed by atoms with Gasteiger partial charge in [-0.05, 0) is 43.6 Å². The highest BCUT2D eigenvalue weighted by Gasteiger charge is 2.39. The Labute approximate surface area is 131 Å². The molecule has 1 unspecified atom stereocenters. The van der Waals surface area contributed by atoms with E-state index in [1.54, 1.807) is 0 Å². The van der Waals surface area contributed by atoms with Crippen LogP contribution in [0.5, 0.6) is 0 Å². The van der Waals surface area contributed by atoms with Gasteiger partial charge in [0.05, 0.1) is 17.4 Å². The molecular formula is C17H23N3S. The summed E-state index contributed by atoms with van der Waals surface area (Å²) in [5, 5.41) is 5.46. The quantitative estimate of drug-likeness (QED) is 0.914. The molecular weight excluding hydrogens is 278 g/mol. The first-order chi connectivity index (χ1) is 10.1. The Morgan fingerprint density at radius 2 is 2.24 bits per heavy atom. The highest BCUT2D eigenvalue weighted by Crippen LogP contribution is 2.44. The van der Waals surface area contributed by atoms with E-state index in [0.717, 1.165) is 19.5 Å². The summed E-state index contributed by atoms with van der Waals surface area (Å²) in [4.78, 5) is 8.64. The standard InChI is InChI=1S/C17H23N3S/c1-17(2)12-20(14-6-4-9-19-16(14)17)13(8-10-18-3)15-7-5-11-21-15/h4-7,9,11,13,18H,8,10,12H2,1-3H3. The van der Waals surface area contributed by atoms with Crippen molar-refractivity contribution in [2.24, 2.45) is 0 Å². The molecule has 0 spiro atoms. The Morgan fingerprint density at radius 1 is 1.38 bits per heavy atom. The SMILES string of the molecule is CNCCC(c1cccs1)N1CC(C)(C)c2ncccc21. The summed E-state index contributed by atoms with van der Waals surface area (Å²) in [6.45, 7) is 6.64. The van der Waals surface area contributed by atoms with E-state index in [2.05, 4.69) is 58.7 Å². The molecule has 0 amide bonds. The van der Waals surface area contributed by atoms with Gasteiger partial charge in [0.2, 0.25) is 0 Å². The zero-order valence-electron chi connectivity index (χ0n) is 13.0. The van der Waals surface area contributed by atoms with Crippen LogP contribution in [0.3, 0.4) is 0 Å². The molecule has 2 aromatic heterocycles. The highest BCUT2D eigenvalue weighted by atomic mass is 32.1. The van der Waals surface area contributed by atoms with Crippen molar-refractivity contribution in [2.75, 3.05) is 25.0 Å². The Morgan fingerprint density at radius 3 is 2.95 bits per heavy atom. The molecule has 0 radical (unpaired) electrons. The average molecular weight is 301 g/mol. The van der Waals surface area contributed by atoms with Crippen molar-refractivity contribution in [2.45, 2.75) is 31.7 Å². The molecule has 1 atom stereocenters. The molecule has 3 rings (SSSR count). The molecule has 112 valence electrons. The minimum absolute atomic E-state index is 0.117. The molecule has 0 aliphatic carbocycles. The molecule has 2 aromatic rings. The number of aromatic nitrogens is 1. The van der Waals surface area contributed by atoms with Gasteiger partial charge in [-0.3, -0.25) is 4.98 Å². The molecule has 3 nitrogen and oxygen atoms in total. The van der Waals surface area contributed by atoms with E-state index in [0.29, 0.717) is 6.04 Å². The summed E-state index contributed by atoms with van der Waals surface area (Å²) in [5.74, 6) is 0. The molecule has 1 aliphatic heterocycles. The lowest BCUT2D eigenvalue weighted by Gasteiger charge is -2.31. The van der Waals surface area contributed by atoms with Crippen molar-refractivity contribution >= 4 is 17.0 Å². The first-order valence-corrected chi connectivity index (χ1v) is 8.41. The van der Waals surface area contributed by atoms with Crippen LogP contribution in [-0.2, 0) is 5.41 Å². The fourth-order valence-corrected chi connectivity index (χ4v) is 4.10. The van der Waals surface area contributed by atoms with Gasteiger partial charge >= 0.3 is 0 Å². The van der Waals surface area contributed by atoms with Crippen LogP contribution in [-0.4, -0.2) is 25.1 Å². The largest absolute Gasteiger partial charge is 0.361 e. The fourth-order valence-electron chi connectivity index (χ4n) is 3.23. The molecule has 4 heteroatoms. The van der Waals surface area contributed by atoms with Crippen molar-refractivity contribution in [1.29, 1.82) is 0 Å². The van der Waals surface area contributed by atoms with Crippen LogP contribution in [0.4, 0.5) is 5.69 Å². The number of nitrogens with zero attached hydrogens (tertiary/aromatic N) is 2. The van der Waals surface area contributed by atoms with Gasteiger partial charge in [-0.25, -0.2) is 0 Å². The number of nitrogens with one attached hydrogen (secondary N) is 1. The van der Waals surface area contributed by atoms with Gasteiger partial charge in [0.1, 0.15) is 0 Å². The van der Waals surface area contributed by atoms with Crippen molar-refractivity contribution < 1.29 is 0 Å². The summed E-state index contributed by atoms with van der Waals surface area (Å²) in [5.41, 5.74) is 2.65. The molecule has 1 aliphatic rings. The molecule has 21 heavy (non-hydrogen) atoms. The van der Waals surface area contributed by atoms with Crippen LogP contribution in [0.25, 0.3) is 0 Å². The van der Waals surface area contributed by atoms with Crippen molar-refractivity contribution in [3.63, 3.8) is 0 Å². The predicted molar refractivity (Wildman–Crippen MR) is 90.2 cm³/mol. The van der Waals surface area contributed by atoms with E-state index in [9.17, 15) is 0 Å². The van der Waals surface area contributed by atoms with Crippen LogP contribution in [0, 0.1) is 0 Å². The van der Waals surface area contributed by atoms with E-state index < -0.39 is 0 Å². The van der Waals surface area contributed by atoms with Gasteiger partial charge in [0, 0.05) is 23.0 Å². The van der Waals surface area contributed by atoms with Gasteiger partial charge < -0.3 is 10.2 Å². The van der Waals surface area contributed by atoms with Gasteiger partial charge in [0.25, 0.3) is 0 Å². The number of thiophene rings is 1. The molecule has 0 bridgehead atoms. The van der Waals surface area contributed by atoms with E-state index >= 15 is 0 Å². The minimum atomic E-state index is 0.117. The number of pyridine rings is 1. The van der Waals surface area contributed by atoms with Gasteiger partial charge in [0.15, 0.2) is 0 Å². The number of fused-ring (bicyclic) bond motifs is 1. The minimum Gasteiger partial charge on any atom is -0.361 e. The summed E-state index contributed by atoms with van der Waals surface area (Å²) in [6.07, 6.45) is 3.03. The summed E-state index contributed by atoms with van der Waals surface area (Å²) in [6, 6.07) is 9.11. The Hall–Kier alpha value is -1.39. The van der Waals surface area contributed by atoms with E-state index in [1.807, 2.05) is 24.6 Å². The van der Waals surface area contributed by atoms with Crippen LogP contribution in [0.2, 0.25) is 0 Å². The highest BCUT2D eigenvalue weighted by molar-refractivity contribution is 7.10. The number of hydrogen-bond acceptors (Lipinski definition) is 4. The monoisotopic (exact) mass is 301 g/mol. The first kappa shape index (κ1) is 14.5. The smallest absolute Gasteiger partial charge is 0.0710 e. The third-order valence-electron chi connectivity index (χ3n) is 4.22. The topological polar surface area (TPSA) is 28.2 Å². The fraction of sp³-hybridized carbons (Fsp3) is 0.471. The molecule has 0 saturated carbocycles. The number of anilines is 1. The lowest BCUT2D eigenvalue weighted by atomic mass is 9.91. The Bertz CT molecular complexity index is 592. The van der Waals surface area contributed by atoms with Crippen molar-refractivity contribution in [3.8, 4) is 0 Å². The second kappa shape index (κ2) is 5.78. The molecule has 1 N–H and O–H groups in total. The van der Waals surface area contributed by atoms with Crippen LogP contribution in [0.1, 0.15) is 36.9 Å². The van der Waals surface area contributed by atoms with Gasteiger partial charge in [-0.1, -0.05) is 19.9 Å². The second-order valence-electron chi connectivity index (χ2n) is 6.31. The molecule has 0 fully saturated rings. The van der Waals surface area contributed by atoms with Crippen LogP contribution in [0.15, 0.2) is 35.8 Å². The maximum Gasteiger partial charge on any atom is 0.0710 e. The molecule has 0 aromatic carbocycles. The maximum atomic E-state index is 4.65. The summed E-state index contributed by atoms with van der Waals surface area (Å²) >= 11 is 1.85. The lowest BCUT2D eigenvalue weighted by Crippen LogP contribution is -2.33. The van der Waals surface area contributed by atoms with E-state index in [1.165, 1.54) is 16.3 Å². The number of hydrogen-bond donors (Lipinski definition) is 1. The van der Waals surface area contributed by atoms with Crippen LogP contribution >= 0.6 is 11.3 Å². The summed E-state index contributed by atoms with van der Waals surface area (Å²) < 4.78 is 0. The third-order valence-corrected chi connectivity index (χ3v) is 5.19. The Balaban J connectivity index is 1.97. The second-order valence-corrected chi connectivity index (χ2v) is 7.29. The van der Waals surface area contributed by atoms with Gasteiger partial charge in [-0.15, -0.1) is 11.3 Å². The van der Waals surface area contributed by atoms with Crippen molar-refractivity contribution in [3.05, 3.63) is 46.4 Å². The number of rotatable bonds is 5. The molecule has 3 heterocycles. The lowest BCUT2D eigenvalue weighted by molar-refractivity contribution is 0.494. The first-order valence-electron chi connectivity index (χ1n) is 7.53. The maximum absolute atomic E-state index is 4.65. The Kier molecular flexibility index (Phi) is 4.00. The zero-order chi connectivity index (χ0) is 14.9. The predicted octanol–water partition coefficient (Wildman–Crippen LogP) is 3.59. The third kappa shape index (κ3) is 2.70. The van der Waals surface area contributed by atoms with Crippen molar-refractivity contribution in [1.82, 2.24) is 10.3 Å². The summed E-state index contributed by atoms with van der Waals surface area (Å²) in [7, 11) is 2.02. The van der Waals surface area contributed by atoms with Crippen LogP contribution < -0.4 is 10.2 Å². The van der Waals surface area contributed by atoms with E-state index in [-0.39, 0.29) is 5.41 Å². The average Bonchev–Trinajstić information content (AvgIpc) is 3.08.